The topological polar surface area (TPSA) is 44.8 Å². The molecule has 0 aromatic carbocycles. The van der Waals surface area contributed by atoms with Crippen LogP contribution >= 0.6 is 0 Å². The molecule has 2 saturated heterocycles. The van der Waals surface area contributed by atoms with E-state index in [0.717, 1.165) is 0 Å². The van der Waals surface area contributed by atoms with Crippen molar-refractivity contribution in [2.45, 2.75) is 24.7 Å². The first-order valence-corrected chi connectivity index (χ1v) is 4.98. The van der Waals surface area contributed by atoms with E-state index < -0.39 is 0 Å². The van der Waals surface area contributed by atoms with Gasteiger partial charge in [-0.2, -0.15) is 15.4 Å². The van der Waals surface area contributed by atoms with E-state index in [1.807, 2.05) is 6.20 Å². The average Bonchev–Trinajstić information content (AvgIpc) is 2.75. The van der Waals surface area contributed by atoms with E-state index in [1.165, 1.54) is 44.6 Å². The van der Waals surface area contributed by atoms with Crippen molar-refractivity contribution < 1.29 is 0 Å². The first-order chi connectivity index (χ1) is 6.39. The molecule has 0 amide bonds. The Labute approximate surface area is 77.3 Å². The predicted octanol–water partition coefficient (Wildman–Crippen LogP) is 0.542. The zero-order chi connectivity index (χ0) is 8.73. The lowest BCUT2D eigenvalue weighted by Gasteiger charge is -2.31. The van der Waals surface area contributed by atoms with Crippen LogP contribution in [0.1, 0.15) is 25.0 Å². The summed E-state index contributed by atoms with van der Waals surface area (Å²) in [6.45, 7) is 3.71. The SMILES string of the molecule is c1n[nH]nc1C12CCCN(CC1)C2. The fourth-order valence-electron chi connectivity index (χ4n) is 2.79. The Kier molecular flexibility index (Phi) is 1.47. The minimum Gasteiger partial charge on any atom is -0.302 e. The van der Waals surface area contributed by atoms with E-state index in [2.05, 4.69) is 20.3 Å². The van der Waals surface area contributed by atoms with Crippen LogP contribution < -0.4 is 0 Å². The van der Waals surface area contributed by atoms with Crippen LogP contribution in [0.15, 0.2) is 6.20 Å². The summed E-state index contributed by atoms with van der Waals surface area (Å²) in [5.41, 5.74) is 1.51. The van der Waals surface area contributed by atoms with E-state index in [4.69, 9.17) is 0 Å². The molecule has 4 heteroatoms. The summed E-state index contributed by atoms with van der Waals surface area (Å²) in [7, 11) is 0. The first kappa shape index (κ1) is 7.50. The monoisotopic (exact) mass is 178 g/mol. The van der Waals surface area contributed by atoms with Crippen LogP contribution in [0.3, 0.4) is 0 Å². The molecule has 1 N–H and O–H groups in total. The van der Waals surface area contributed by atoms with Crippen LogP contribution in [-0.4, -0.2) is 39.9 Å². The predicted molar refractivity (Wildman–Crippen MR) is 48.4 cm³/mol. The molecule has 0 radical (unpaired) electrons. The van der Waals surface area contributed by atoms with Gasteiger partial charge in [0.2, 0.25) is 0 Å². The van der Waals surface area contributed by atoms with Gasteiger partial charge in [-0.3, -0.25) is 0 Å². The molecule has 3 heterocycles. The van der Waals surface area contributed by atoms with Crippen LogP contribution in [0.4, 0.5) is 0 Å². The number of aromatic nitrogens is 3. The standard InChI is InChI=1S/C9H14N4/c1-2-9(8-6-10-12-11-8)3-5-13(4-1)7-9/h6H,1-5,7H2,(H,10,11,12). The second-order valence-corrected chi connectivity index (χ2v) is 4.27. The molecule has 0 aliphatic carbocycles. The van der Waals surface area contributed by atoms with Gasteiger partial charge in [0.25, 0.3) is 0 Å². The summed E-state index contributed by atoms with van der Waals surface area (Å²) in [6, 6.07) is 0. The van der Waals surface area contributed by atoms with Crippen LogP contribution in [0.2, 0.25) is 0 Å². The zero-order valence-electron chi connectivity index (χ0n) is 7.66. The number of H-pyrrole nitrogens is 1. The first-order valence-electron chi connectivity index (χ1n) is 4.98. The molecule has 4 nitrogen and oxygen atoms in total. The fraction of sp³-hybridized carbons (Fsp3) is 0.778. The molecule has 70 valence electrons. The second-order valence-electron chi connectivity index (χ2n) is 4.27. The molecule has 2 aliphatic rings. The van der Waals surface area contributed by atoms with E-state index in [-0.39, 0.29) is 0 Å². The Morgan fingerprint density at radius 2 is 2.38 bits per heavy atom. The number of hydrogen-bond acceptors (Lipinski definition) is 3. The van der Waals surface area contributed by atoms with Crippen LogP contribution in [0.5, 0.6) is 0 Å². The van der Waals surface area contributed by atoms with Crippen LogP contribution in [0.25, 0.3) is 0 Å². The third-order valence-corrected chi connectivity index (χ3v) is 3.52. The van der Waals surface area contributed by atoms with Gasteiger partial charge in [0.1, 0.15) is 0 Å². The second kappa shape index (κ2) is 2.54. The number of aromatic amines is 1. The summed E-state index contributed by atoms with van der Waals surface area (Å²) in [5, 5.41) is 10.9. The van der Waals surface area contributed by atoms with Crippen molar-refractivity contribution in [2.75, 3.05) is 19.6 Å². The van der Waals surface area contributed by atoms with Crippen LogP contribution in [-0.2, 0) is 5.41 Å². The van der Waals surface area contributed by atoms with Gasteiger partial charge in [0.05, 0.1) is 11.9 Å². The van der Waals surface area contributed by atoms with E-state index in [1.54, 1.807) is 0 Å². The quantitative estimate of drug-likeness (QED) is 0.682. The Bertz CT molecular complexity index is 291. The number of hydrogen-bond donors (Lipinski definition) is 1. The number of rotatable bonds is 1. The fourth-order valence-corrected chi connectivity index (χ4v) is 2.79. The van der Waals surface area contributed by atoms with Gasteiger partial charge in [-0.1, -0.05) is 0 Å². The van der Waals surface area contributed by atoms with Gasteiger partial charge < -0.3 is 4.90 Å². The van der Waals surface area contributed by atoms with Crippen molar-refractivity contribution in [1.29, 1.82) is 0 Å². The Balaban J connectivity index is 1.97. The Morgan fingerprint density at radius 1 is 1.38 bits per heavy atom. The largest absolute Gasteiger partial charge is 0.302 e. The maximum atomic E-state index is 4.25. The zero-order valence-corrected chi connectivity index (χ0v) is 7.66. The smallest absolute Gasteiger partial charge is 0.0899 e. The maximum absolute atomic E-state index is 4.25. The molecule has 2 bridgehead atoms. The molecule has 13 heavy (non-hydrogen) atoms. The summed E-state index contributed by atoms with van der Waals surface area (Å²) in [4.78, 5) is 2.54. The van der Waals surface area contributed by atoms with E-state index in [0.29, 0.717) is 5.41 Å². The molecule has 2 aliphatic heterocycles. The molecule has 2 atom stereocenters. The van der Waals surface area contributed by atoms with Crippen LogP contribution in [0, 0.1) is 0 Å². The highest BCUT2D eigenvalue weighted by Crippen LogP contribution is 2.40. The van der Waals surface area contributed by atoms with Crippen molar-refractivity contribution in [2.24, 2.45) is 0 Å². The Hall–Kier alpha value is -0.900. The molecular formula is C9H14N4. The Morgan fingerprint density at radius 3 is 3.23 bits per heavy atom. The molecule has 0 spiro atoms. The molecule has 1 aromatic rings. The van der Waals surface area contributed by atoms with Crippen molar-refractivity contribution >= 4 is 0 Å². The van der Waals surface area contributed by atoms with E-state index in [9.17, 15) is 0 Å². The van der Waals surface area contributed by atoms with Gasteiger partial charge in [-0.05, 0) is 32.4 Å². The van der Waals surface area contributed by atoms with Crippen molar-refractivity contribution in [3.05, 3.63) is 11.9 Å². The highest BCUT2D eigenvalue weighted by Gasteiger charge is 2.43. The summed E-state index contributed by atoms with van der Waals surface area (Å²) in [6.07, 6.45) is 5.76. The van der Waals surface area contributed by atoms with Gasteiger partial charge in [0.15, 0.2) is 0 Å². The number of piperidine rings is 1. The third kappa shape index (κ3) is 1.01. The van der Waals surface area contributed by atoms with E-state index >= 15 is 0 Å². The number of nitrogens with zero attached hydrogens (tertiary/aromatic N) is 3. The molecular weight excluding hydrogens is 164 g/mol. The number of fused-ring (bicyclic) bond motifs is 2. The lowest BCUT2D eigenvalue weighted by Crippen LogP contribution is -2.37. The molecule has 0 saturated carbocycles. The number of nitrogens with one attached hydrogen (secondary N) is 1. The minimum absolute atomic E-state index is 0.339. The summed E-state index contributed by atoms with van der Waals surface area (Å²) < 4.78 is 0. The lowest BCUT2D eigenvalue weighted by molar-refractivity contribution is 0.240. The van der Waals surface area contributed by atoms with Gasteiger partial charge >= 0.3 is 0 Å². The highest BCUT2D eigenvalue weighted by atomic mass is 15.3. The summed E-state index contributed by atoms with van der Waals surface area (Å²) in [5.74, 6) is 0. The molecule has 2 unspecified atom stereocenters. The summed E-state index contributed by atoms with van der Waals surface area (Å²) >= 11 is 0. The molecule has 1 aromatic heterocycles. The highest BCUT2D eigenvalue weighted by molar-refractivity contribution is 5.17. The molecule has 2 fully saturated rings. The third-order valence-electron chi connectivity index (χ3n) is 3.52. The van der Waals surface area contributed by atoms with Crippen molar-refractivity contribution in [1.82, 2.24) is 20.3 Å². The van der Waals surface area contributed by atoms with Crippen molar-refractivity contribution in [3.8, 4) is 0 Å². The van der Waals surface area contributed by atoms with Crippen molar-refractivity contribution in [3.63, 3.8) is 0 Å². The average molecular weight is 178 g/mol. The molecule has 3 rings (SSSR count). The normalized spacial score (nSPS) is 38.0. The minimum atomic E-state index is 0.339. The maximum Gasteiger partial charge on any atom is 0.0899 e. The van der Waals surface area contributed by atoms with Gasteiger partial charge in [-0.25, -0.2) is 0 Å². The van der Waals surface area contributed by atoms with Gasteiger partial charge in [-0.15, -0.1) is 0 Å². The lowest BCUT2D eigenvalue weighted by atomic mass is 9.78. The van der Waals surface area contributed by atoms with Gasteiger partial charge in [0, 0.05) is 12.0 Å².